The Bertz CT molecular complexity index is 1970. The second-order valence-corrected chi connectivity index (χ2v) is 15.2. The number of nitrogens with one attached hydrogen (secondary N) is 2. The first-order chi connectivity index (χ1) is 24.3. The molecule has 0 unspecified atom stereocenters. The highest BCUT2D eigenvalue weighted by Crippen LogP contribution is 2.42. The van der Waals surface area contributed by atoms with Gasteiger partial charge >= 0.3 is 0 Å². The molecule has 2 aromatic heterocycles. The van der Waals surface area contributed by atoms with Crippen LogP contribution in [0.5, 0.6) is 0 Å². The van der Waals surface area contributed by atoms with Crippen LogP contribution in [0.2, 0.25) is 0 Å². The lowest BCUT2D eigenvalue weighted by molar-refractivity contribution is -0.000511. The number of rotatable bonds is 7. The van der Waals surface area contributed by atoms with Gasteiger partial charge in [-0.05, 0) is 117 Å². The Hall–Kier alpha value is -4.80. The van der Waals surface area contributed by atoms with Gasteiger partial charge in [-0.25, -0.2) is 4.98 Å². The zero-order chi connectivity index (χ0) is 34.2. The van der Waals surface area contributed by atoms with Crippen molar-refractivity contribution in [2.75, 3.05) is 48.0 Å². The lowest BCUT2D eigenvalue weighted by Crippen LogP contribution is -2.59. The minimum atomic E-state index is -0.222. The molecule has 4 aromatic rings. The number of carbonyl (C=O) groups excluding carboxylic acids is 3. The lowest BCUT2D eigenvalue weighted by atomic mass is 9.73. The molecule has 4 aliphatic rings. The highest BCUT2D eigenvalue weighted by atomic mass is 32.1. The Labute approximate surface area is 296 Å². The molecule has 2 N–H and O–H groups in total. The summed E-state index contributed by atoms with van der Waals surface area (Å²) in [5.41, 5.74) is 5.78. The maximum atomic E-state index is 14.0. The maximum Gasteiger partial charge on any atom is 0.261 e. The summed E-state index contributed by atoms with van der Waals surface area (Å²) in [5, 5.41) is 6.17. The van der Waals surface area contributed by atoms with E-state index in [1.165, 1.54) is 17.8 Å². The first kappa shape index (κ1) is 32.4. The van der Waals surface area contributed by atoms with Crippen molar-refractivity contribution in [3.63, 3.8) is 0 Å². The van der Waals surface area contributed by atoms with Crippen LogP contribution in [-0.2, 0) is 4.74 Å². The lowest BCUT2D eigenvalue weighted by Gasteiger charge is -2.53. The monoisotopic (exact) mass is 687 g/mol. The van der Waals surface area contributed by atoms with Crippen molar-refractivity contribution in [1.29, 1.82) is 0 Å². The number of fused-ring (bicyclic) bond motifs is 1. The number of aryl methyl sites for hydroxylation is 1. The molecule has 0 bridgehead atoms. The number of ether oxygens (including phenoxy) is 1. The summed E-state index contributed by atoms with van der Waals surface area (Å²) in [6.45, 7) is 5.78. The highest BCUT2D eigenvalue weighted by molar-refractivity contribution is 7.15. The van der Waals surface area contributed by atoms with Crippen molar-refractivity contribution in [1.82, 2.24) is 10.3 Å². The number of thiophene rings is 1. The number of anilines is 3. The van der Waals surface area contributed by atoms with Crippen LogP contribution in [0.3, 0.4) is 0 Å². The molecule has 50 heavy (non-hydrogen) atoms. The first-order valence-electron chi connectivity index (χ1n) is 17.6. The molecule has 2 aromatic carbocycles. The predicted molar refractivity (Wildman–Crippen MR) is 198 cm³/mol. The van der Waals surface area contributed by atoms with E-state index >= 15 is 0 Å². The summed E-state index contributed by atoms with van der Waals surface area (Å²) in [6, 6.07) is 21.1. The van der Waals surface area contributed by atoms with Gasteiger partial charge in [0.25, 0.3) is 17.7 Å². The number of pyridine rings is 1. The molecular formula is C40H41N5O4S. The SMILES string of the molecule is Cc1cnc(N2CC3(CCOCC3)C2)c(C(=O)Nc2ccc(C(=O)N3CCC(c4ccc(C(=O)NC5CCC5)s4)=Cc4ccccc43)cc2)c1. The van der Waals surface area contributed by atoms with Crippen molar-refractivity contribution < 1.29 is 19.1 Å². The van der Waals surface area contributed by atoms with Crippen LogP contribution in [0.1, 0.15) is 84.9 Å². The molecule has 3 fully saturated rings. The topological polar surface area (TPSA) is 104 Å². The molecule has 256 valence electrons. The summed E-state index contributed by atoms with van der Waals surface area (Å²) in [7, 11) is 0. The zero-order valence-electron chi connectivity index (χ0n) is 28.2. The number of amides is 3. The van der Waals surface area contributed by atoms with Gasteiger partial charge in [-0.1, -0.05) is 18.2 Å². The number of hydrogen-bond acceptors (Lipinski definition) is 7. The molecule has 5 heterocycles. The highest BCUT2D eigenvalue weighted by Gasteiger charge is 2.45. The Morgan fingerprint density at radius 1 is 0.960 bits per heavy atom. The molecule has 1 aliphatic carbocycles. The largest absolute Gasteiger partial charge is 0.381 e. The quantitative estimate of drug-likeness (QED) is 0.213. The number of hydrogen-bond donors (Lipinski definition) is 2. The molecule has 0 radical (unpaired) electrons. The van der Waals surface area contributed by atoms with Gasteiger partial charge in [0.2, 0.25) is 0 Å². The van der Waals surface area contributed by atoms with Crippen molar-refractivity contribution in [2.45, 2.75) is 51.5 Å². The van der Waals surface area contributed by atoms with Gasteiger partial charge in [-0.3, -0.25) is 14.4 Å². The molecular weight excluding hydrogens is 647 g/mol. The van der Waals surface area contributed by atoms with Crippen molar-refractivity contribution >= 4 is 57.9 Å². The van der Waals surface area contributed by atoms with Crippen LogP contribution in [0.15, 0.2) is 72.9 Å². The van der Waals surface area contributed by atoms with E-state index in [-0.39, 0.29) is 23.1 Å². The summed E-state index contributed by atoms with van der Waals surface area (Å²) < 4.78 is 5.57. The fraction of sp³-hybridized carbons (Fsp3) is 0.350. The second-order valence-electron chi connectivity index (χ2n) is 14.1. The van der Waals surface area contributed by atoms with Crippen LogP contribution < -0.4 is 20.4 Å². The average Bonchev–Trinajstić information content (AvgIpc) is 3.52. The molecule has 1 saturated carbocycles. The standard InChI is InChI=1S/C40H41N5O4S/c1-26-21-32(36(41-23-26)44-24-40(25-44)16-19-49-20-17-40)37(46)42-31-11-9-27(10-12-31)39(48)45-18-15-29(22-28-5-2-3-8-33(28)45)34-13-14-35(50-34)38(47)43-30-6-4-7-30/h2-3,5,8-14,21-23,30H,4,6-7,15-20,24-25H2,1H3,(H,42,46)(H,43,47). The number of benzene rings is 2. The van der Waals surface area contributed by atoms with Crippen molar-refractivity contribution in [3.8, 4) is 0 Å². The van der Waals surface area contributed by atoms with E-state index < -0.39 is 0 Å². The van der Waals surface area contributed by atoms with Gasteiger partial charge in [0, 0.05) is 66.6 Å². The molecule has 9 nitrogen and oxygen atoms in total. The van der Waals surface area contributed by atoms with Gasteiger partial charge in [0.15, 0.2) is 0 Å². The summed E-state index contributed by atoms with van der Waals surface area (Å²) in [4.78, 5) is 50.8. The van der Waals surface area contributed by atoms with E-state index in [0.29, 0.717) is 46.5 Å². The zero-order valence-corrected chi connectivity index (χ0v) is 29.1. The van der Waals surface area contributed by atoms with E-state index in [2.05, 4.69) is 26.6 Å². The fourth-order valence-electron chi connectivity index (χ4n) is 7.38. The van der Waals surface area contributed by atoms with Crippen molar-refractivity contribution in [3.05, 3.63) is 105 Å². The molecule has 10 heteroatoms. The number of aromatic nitrogens is 1. The van der Waals surface area contributed by atoms with E-state index in [9.17, 15) is 14.4 Å². The van der Waals surface area contributed by atoms with E-state index in [4.69, 9.17) is 4.74 Å². The first-order valence-corrected chi connectivity index (χ1v) is 18.4. The Balaban J connectivity index is 0.949. The molecule has 1 spiro atoms. The minimum absolute atomic E-state index is 0.00682. The second kappa shape index (κ2) is 13.5. The van der Waals surface area contributed by atoms with Gasteiger partial charge in [-0.15, -0.1) is 11.3 Å². The van der Waals surface area contributed by atoms with E-state index in [1.54, 1.807) is 24.3 Å². The fourth-order valence-corrected chi connectivity index (χ4v) is 8.33. The van der Waals surface area contributed by atoms with Gasteiger partial charge in [0.1, 0.15) is 5.82 Å². The smallest absolute Gasteiger partial charge is 0.261 e. The maximum absolute atomic E-state index is 14.0. The van der Waals surface area contributed by atoms with Crippen LogP contribution in [0, 0.1) is 12.3 Å². The molecule has 3 aliphatic heterocycles. The van der Waals surface area contributed by atoms with Gasteiger partial charge < -0.3 is 25.2 Å². The van der Waals surface area contributed by atoms with Gasteiger partial charge in [-0.2, -0.15) is 0 Å². The summed E-state index contributed by atoms with van der Waals surface area (Å²) in [5.74, 6) is 0.371. The molecule has 0 atom stereocenters. The normalized spacial score (nSPS) is 18.3. The third-order valence-electron chi connectivity index (χ3n) is 10.5. The summed E-state index contributed by atoms with van der Waals surface area (Å²) >= 11 is 1.50. The van der Waals surface area contributed by atoms with Gasteiger partial charge in [0.05, 0.1) is 16.1 Å². The number of nitrogens with zero attached hydrogens (tertiary/aromatic N) is 3. The molecule has 8 rings (SSSR count). The van der Waals surface area contributed by atoms with Crippen LogP contribution in [0.4, 0.5) is 17.2 Å². The number of carbonyl (C=O) groups is 3. The summed E-state index contributed by atoms with van der Waals surface area (Å²) in [6.07, 6.45) is 9.96. The Kier molecular flexibility index (Phi) is 8.74. The number of para-hydroxylation sites is 1. The predicted octanol–water partition coefficient (Wildman–Crippen LogP) is 7.19. The Morgan fingerprint density at radius 3 is 2.50 bits per heavy atom. The molecule has 3 amide bonds. The third kappa shape index (κ3) is 6.45. The third-order valence-corrected chi connectivity index (χ3v) is 11.7. The minimum Gasteiger partial charge on any atom is -0.381 e. The van der Waals surface area contributed by atoms with Crippen LogP contribution in [-0.4, -0.2) is 61.6 Å². The van der Waals surface area contributed by atoms with E-state index in [0.717, 1.165) is 79.3 Å². The molecule has 2 saturated heterocycles. The Morgan fingerprint density at radius 2 is 1.74 bits per heavy atom. The van der Waals surface area contributed by atoms with Crippen molar-refractivity contribution in [2.24, 2.45) is 5.41 Å². The van der Waals surface area contributed by atoms with Crippen LogP contribution >= 0.6 is 11.3 Å². The average molecular weight is 688 g/mol. The van der Waals surface area contributed by atoms with E-state index in [1.807, 2.05) is 60.5 Å². The van der Waals surface area contributed by atoms with Crippen LogP contribution in [0.25, 0.3) is 11.6 Å².